The van der Waals surface area contributed by atoms with E-state index in [1.165, 1.54) is 19.1 Å². The van der Waals surface area contributed by atoms with Crippen LogP contribution in [0.3, 0.4) is 0 Å². The molecule has 0 heterocycles. The third kappa shape index (κ3) is 5.78. The van der Waals surface area contributed by atoms with Crippen molar-refractivity contribution in [2.24, 2.45) is 0 Å². The van der Waals surface area contributed by atoms with Gasteiger partial charge in [0.05, 0.1) is 20.8 Å². The highest BCUT2D eigenvalue weighted by Crippen LogP contribution is 2.39. The van der Waals surface area contributed by atoms with Gasteiger partial charge in [0.25, 0.3) is 5.91 Å². The van der Waals surface area contributed by atoms with Gasteiger partial charge in [-0.1, -0.05) is 48.5 Å². The van der Waals surface area contributed by atoms with E-state index < -0.39 is 0 Å². The van der Waals surface area contributed by atoms with Crippen LogP contribution in [0.4, 0.5) is 5.69 Å². The Kier molecular flexibility index (Phi) is 7.70. The first kappa shape index (κ1) is 22.7. The van der Waals surface area contributed by atoms with Gasteiger partial charge in [-0.05, 0) is 29.8 Å². The molecule has 0 saturated carbocycles. The Hall–Kier alpha value is -4.00. The number of ether oxygens (including phenoxy) is 3. The molecule has 0 aliphatic carbocycles. The van der Waals surface area contributed by atoms with E-state index >= 15 is 0 Å². The van der Waals surface area contributed by atoms with E-state index in [1.807, 2.05) is 48.5 Å². The summed E-state index contributed by atoms with van der Waals surface area (Å²) in [5.74, 6) is 0.490. The number of carbonyl (C=O) groups is 2. The Bertz CT molecular complexity index is 1030. The number of methoxy groups -OCH3 is 2. The van der Waals surface area contributed by atoms with Gasteiger partial charge in [-0.2, -0.15) is 0 Å². The lowest BCUT2D eigenvalue weighted by Gasteiger charge is -2.20. The number of nitrogens with zero attached hydrogens (tertiary/aromatic N) is 1. The molecule has 0 fully saturated rings. The van der Waals surface area contributed by atoms with Crippen LogP contribution >= 0.6 is 0 Å². The molecular formula is C25H26N2O5. The molecule has 0 aliphatic rings. The standard InChI is InChI=1S/C25H26N2O5/c1-27(16-23(28)26-20-12-8-5-9-13-20)25(29)19-14-21(30-2)24(22(15-19)31-3)32-17-18-10-6-4-7-11-18/h4-15H,16-17H2,1-3H3,(H,26,28). The molecule has 7 heteroatoms. The third-order valence-corrected chi connectivity index (χ3v) is 4.72. The molecule has 0 atom stereocenters. The second-order valence-electron chi connectivity index (χ2n) is 7.06. The van der Waals surface area contributed by atoms with Gasteiger partial charge in [-0.3, -0.25) is 9.59 Å². The summed E-state index contributed by atoms with van der Waals surface area (Å²) in [5, 5.41) is 2.76. The molecule has 2 amide bonds. The van der Waals surface area contributed by atoms with Crippen LogP contribution < -0.4 is 19.5 Å². The van der Waals surface area contributed by atoms with Gasteiger partial charge in [0.15, 0.2) is 11.5 Å². The van der Waals surface area contributed by atoms with E-state index in [2.05, 4.69) is 5.32 Å². The minimum atomic E-state index is -0.348. The quantitative estimate of drug-likeness (QED) is 0.551. The molecule has 0 radical (unpaired) electrons. The van der Waals surface area contributed by atoms with Crippen molar-refractivity contribution >= 4 is 17.5 Å². The molecule has 0 saturated heterocycles. The largest absolute Gasteiger partial charge is 0.493 e. The summed E-state index contributed by atoms with van der Waals surface area (Å²) in [6, 6.07) is 21.9. The minimum Gasteiger partial charge on any atom is -0.493 e. The maximum Gasteiger partial charge on any atom is 0.254 e. The molecule has 1 N–H and O–H groups in total. The fourth-order valence-electron chi connectivity index (χ4n) is 3.10. The summed E-state index contributed by atoms with van der Waals surface area (Å²) in [6.07, 6.45) is 0. The van der Waals surface area contributed by atoms with Gasteiger partial charge < -0.3 is 24.4 Å². The number of nitrogens with one attached hydrogen (secondary N) is 1. The summed E-state index contributed by atoms with van der Waals surface area (Å²) < 4.78 is 16.8. The molecule has 0 spiro atoms. The van der Waals surface area contributed by atoms with Gasteiger partial charge in [0.2, 0.25) is 11.7 Å². The highest BCUT2D eigenvalue weighted by molar-refractivity contribution is 6.00. The molecule has 0 aromatic heterocycles. The number of hydrogen-bond acceptors (Lipinski definition) is 5. The van der Waals surface area contributed by atoms with Crippen LogP contribution in [0.5, 0.6) is 17.2 Å². The SMILES string of the molecule is COc1cc(C(=O)N(C)CC(=O)Nc2ccccc2)cc(OC)c1OCc1ccccc1. The van der Waals surface area contributed by atoms with Crippen LogP contribution in [-0.2, 0) is 11.4 Å². The molecule has 166 valence electrons. The van der Waals surface area contributed by atoms with Gasteiger partial charge in [-0.25, -0.2) is 0 Å². The predicted octanol–water partition coefficient (Wildman–Crippen LogP) is 3.99. The first-order valence-corrected chi connectivity index (χ1v) is 10.0. The second kappa shape index (κ2) is 10.9. The Labute approximate surface area is 187 Å². The Morgan fingerprint density at radius 3 is 2.00 bits per heavy atom. The molecule has 3 aromatic rings. The Morgan fingerprint density at radius 1 is 0.875 bits per heavy atom. The zero-order chi connectivity index (χ0) is 22.9. The molecule has 32 heavy (non-hydrogen) atoms. The first-order valence-electron chi connectivity index (χ1n) is 10.0. The number of amides is 2. The maximum absolute atomic E-state index is 13.0. The number of para-hydroxylation sites is 1. The lowest BCUT2D eigenvalue weighted by Crippen LogP contribution is -2.35. The lowest BCUT2D eigenvalue weighted by atomic mass is 10.1. The van der Waals surface area contributed by atoms with Crippen LogP contribution in [0.1, 0.15) is 15.9 Å². The number of likely N-dealkylation sites (N-methyl/N-ethyl adjacent to an activating group) is 1. The zero-order valence-electron chi connectivity index (χ0n) is 18.3. The number of benzene rings is 3. The predicted molar refractivity (Wildman–Crippen MR) is 122 cm³/mol. The van der Waals surface area contributed by atoms with Crippen molar-refractivity contribution in [3.63, 3.8) is 0 Å². The summed E-state index contributed by atoms with van der Waals surface area (Å²) in [4.78, 5) is 26.6. The van der Waals surface area contributed by atoms with Crippen LogP contribution in [-0.4, -0.2) is 44.5 Å². The Morgan fingerprint density at radius 2 is 1.44 bits per heavy atom. The van der Waals surface area contributed by atoms with Crippen molar-refractivity contribution in [3.05, 3.63) is 83.9 Å². The van der Waals surface area contributed by atoms with Crippen molar-refractivity contribution < 1.29 is 23.8 Å². The molecule has 0 unspecified atom stereocenters. The van der Waals surface area contributed by atoms with Crippen LogP contribution in [0, 0.1) is 0 Å². The molecular weight excluding hydrogens is 408 g/mol. The van der Waals surface area contributed by atoms with Gasteiger partial charge in [0.1, 0.15) is 6.61 Å². The van der Waals surface area contributed by atoms with Crippen molar-refractivity contribution in [2.75, 3.05) is 33.1 Å². The first-order chi connectivity index (χ1) is 15.5. The fraction of sp³-hybridized carbons (Fsp3) is 0.200. The lowest BCUT2D eigenvalue weighted by molar-refractivity contribution is -0.116. The summed E-state index contributed by atoms with van der Waals surface area (Å²) >= 11 is 0. The highest BCUT2D eigenvalue weighted by Gasteiger charge is 2.21. The molecule has 0 bridgehead atoms. The average Bonchev–Trinajstić information content (AvgIpc) is 2.82. The van der Waals surface area contributed by atoms with Gasteiger partial charge in [-0.15, -0.1) is 0 Å². The Balaban J connectivity index is 1.73. The second-order valence-corrected chi connectivity index (χ2v) is 7.06. The van der Waals surface area contributed by atoms with Gasteiger partial charge in [0, 0.05) is 18.3 Å². The summed E-state index contributed by atoms with van der Waals surface area (Å²) in [6.45, 7) is 0.213. The van der Waals surface area contributed by atoms with Gasteiger partial charge >= 0.3 is 0 Å². The van der Waals surface area contributed by atoms with Crippen molar-refractivity contribution in [1.82, 2.24) is 4.90 Å². The number of carbonyl (C=O) groups excluding carboxylic acids is 2. The molecule has 7 nitrogen and oxygen atoms in total. The van der Waals surface area contributed by atoms with Crippen LogP contribution in [0.15, 0.2) is 72.8 Å². The number of hydrogen-bond donors (Lipinski definition) is 1. The highest BCUT2D eigenvalue weighted by atomic mass is 16.5. The number of anilines is 1. The summed E-state index contributed by atoms with van der Waals surface area (Å²) in [5.41, 5.74) is 1.98. The smallest absolute Gasteiger partial charge is 0.254 e. The van der Waals surface area contributed by atoms with E-state index in [0.717, 1.165) is 5.56 Å². The van der Waals surface area contributed by atoms with E-state index in [4.69, 9.17) is 14.2 Å². The number of rotatable bonds is 9. The van der Waals surface area contributed by atoms with Crippen LogP contribution in [0.2, 0.25) is 0 Å². The zero-order valence-corrected chi connectivity index (χ0v) is 18.3. The van der Waals surface area contributed by atoms with E-state index in [-0.39, 0.29) is 18.4 Å². The third-order valence-electron chi connectivity index (χ3n) is 4.72. The minimum absolute atomic E-state index is 0.107. The van der Waals surface area contributed by atoms with Crippen molar-refractivity contribution in [3.8, 4) is 17.2 Å². The van der Waals surface area contributed by atoms with E-state index in [0.29, 0.717) is 35.1 Å². The molecule has 3 aromatic carbocycles. The fourth-order valence-corrected chi connectivity index (χ4v) is 3.10. The van der Waals surface area contributed by atoms with E-state index in [1.54, 1.807) is 31.3 Å². The topological polar surface area (TPSA) is 77.1 Å². The normalized spacial score (nSPS) is 10.2. The molecule has 0 aliphatic heterocycles. The monoisotopic (exact) mass is 434 g/mol. The van der Waals surface area contributed by atoms with Crippen molar-refractivity contribution in [1.29, 1.82) is 0 Å². The van der Waals surface area contributed by atoms with Crippen LogP contribution in [0.25, 0.3) is 0 Å². The van der Waals surface area contributed by atoms with Crippen molar-refractivity contribution in [2.45, 2.75) is 6.61 Å². The summed E-state index contributed by atoms with van der Waals surface area (Å²) in [7, 11) is 4.55. The van der Waals surface area contributed by atoms with E-state index in [9.17, 15) is 9.59 Å². The molecule has 3 rings (SSSR count). The average molecular weight is 434 g/mol. The maximum atomic E-state index is 13.0.